The molecule has 1 saturated heterocycles. The average Bonchev–Trinajstić information content (AvgIpc) is 3.17. The van der Waals surface area contributed by atoms with Crippen LogP contribution in [0.25, 0.3) is 21.6 Å². The number of carbonyl (C=O) groups excluding carboxylic acids is 1. The van der Waals surface area contributed by atoms with Gasteiger partial charge in [0.15, 0.2) is 5.65 Å². The summed E-state index contributed by atoms with van der Waals surface area (Å²) in [5, 5.41) is 0. The first-order valence-electron chi connectivity index (χ1n) is 9.79. The van der Waals surface area contributed by atoms with Gasteiger partial charge in [-0.15, -0.1) is 11.3 Å². The number of methoxy groups -OCH3 is 1. The van der Waals surface area contributed by atoms with Gasteiger partial charge in [0.1, 0.15) is 6.54 Å². The molecule has 0 aromatic carbocycles. The first-order valence-corrected chi connectivity index (χ1v) is 9.11. The average molecular weight is 375 g/mol. The molecule has 136 valence electrons. The van der Waals surface area contributed by atoms with Gasteiger partial charge < -0.3 is 9.64 Å². The monoisotopic (exact) mass is 375 g/mol. The molecule has 8 heteroatoms. The van der Waals surface area contributed by atoms with Gasteiger partial charge in [-0.1, -0.05) is 0 Å². The number of hydrogen-bond acceptors (Lipinski definition) is 5. The number of ether oxygens (including phenoxy) is 1. The molecule has 0 spiro atoms. The van der Waals surface area contributed by atoms with E-state index >= 15 is 0 Å². The molecule has 26 heavy (non-hydrogen) atoms. The number of likely N-dealkylation sites (tertiary alicyclic amines) is 1. The summed E-state index contributed by atoms with van der Waals surface area (Å²) in [5.74, 6) is -0.0727. The van der Waals surface area contributed by atoms with E-state index in [0.29, 0.717) is 11.2 Å². The number of pyridine rings is 1. The number of hydrogen-bond donors (Lipinski definition) is 0. The smallest absolute Gasteiger partial charge is 0.330 e. The van der Waals surface area contributed by atoms with Gasteiger partial charge >= 0.3 is 5.69 Å². The maximum Gasteiger partial charge on any atom is 0.330 e. The highest BCUT2D eigenvalue weighted by atomic mass is 32.1. The molecule has 4 rings (SSSR count). The van der Waals surface area contributed by atoms with Crippen LogP contribution in [0.2, 0.25) is 0 Å². The van der Waals surface area contributed by atoms with Gasteiger partial charge in [-0.2, -0.15) is 0 Å². The van der Waals surface area contributed by atoms with Crippen LogP contribution in [0.3, 0.4) is 0 Å². The van der Waals surface area contributed by atoms with Gasteiger partial charge in [0.25, 0.3) is 0 Å². The van der Waals surface area contributed by atoms with Crippen molar-refractivity contribution >= 4 is 28.4 Å². The Balaban J connectivity index is 1.65. The third-order valence-electron chi connectivity index (χ3n) is 4.64. The summed E-state index contributed by atoms with van der Waals surface area (Å²) < 4.78 is 29.2. The first-order chi connectivity index (χ1) is 13.7. The second kappa shape index (κ2) is 6.69. The zero-order valence-corrected chi connectivity index (χ0v) is 15.1. The summed E-state index contributed by atoms with van der Waals surface area (Å²) in [6.07, 6.45) is 2.66. The Kier molecular flexibility index (Phi) is 3.53. The van der Waals surface area contributed by atoms with Gasteiger partial charge in [-0.3, -0.25) is 13.9 Å². The lowest BCUT2D eigenvalue weighted by atomic mass is 10.2. The van der Waals surface area contributed by atoms with E-state index in [1.807, 2.05) is 12.1 Å². The lowest BCUT2D eigenvalue weighted by Crippen LogP contribution is -2.44. The van der Waals surface area contributed by atoms with Crippen LogP contribution in [0.15, 0.2) is 29.2 Å². The minimum atomic E-state index is -2.44. The molecule has 0 radical (unpaired) electrons. The molecule has 3 aromatic heterocycles. The van der Waals surface area contributed by atoms with E-state index in [1.165, 1.54) is 20.5 Å². The van der Waals surface area contributed by atoms with Gasteiger partial charge in [-0.05, 0) is 24.6 Å². The number of nitrogens with zero attached hydrogens (tertiary/aromatic N) is 4. The molecule has 3 aromatic rings. The van der Waals surface area contributed by atoms with Crippen molar-refractivity contribution in [1.29, 1.82) is 0 Å². The quantitative estimate of drug-likeness (QED) is 0.682. The molecule has 0 saturated carbocycles. The molecule has 0 aliphatic carbocycles. The third kappa shape index (κ3) is 2.85. The SMILES string of the molecule is [2H]C([2H])([2H])OCc1ccc(-c2cnc3c(c2)n(CC(=O)N2CCC2)c(=O)n3C)s1. The molecule has 1 aliphatic rings. The van der Waals surface area contributed by atoms with Crippen LogP contribution in [-0.2, 0) is 29.7 Å². The Morgan fingerprint density at radius 1 is 1.42 bits per heavy atom. The number of thiophene rings is 1. The summed E-state index contributed by atoms with van der Waals surface area (Å²) >= 11 is 1.40. The van der Waals surface area contributed by atoms with Gasteiger partial charge in [0.05, 0.1) is 16.2 Å². The number of fused-ring (bicyclic) bond motifs is 1. The van der Waals surface area contributed by atoms with Crippen molar-refractivity contribution in [2.24, 2.45) is 7.05 Å². The topological polar surface area (TPSA) is 69.4 Å². The number of aryl methyl sites for hydroxylation is 1. The third-order valence-corrected chi connectivity index (χ3v) is 5.74. The summed E-state index contributed by atoms with van der Waals surface area (Å²) in [6, 6.07) is 5.51. The van der Waals surface area contributed by atoms with Crippen molar-refractivity contribution in [3.63, 3.8) is 0 Å². The zero-order valence-electron chi connectivity index (χ0n) is 17.3. The fourth-order valence-electron chi connectivity index (χ4n) is 3.05. The van der Waals surface area contributed by atoms with Crippen molar-refractivity contribution in [3.8, 4) is 10.4 Å². The minimum absolute atomic E-state index is 0.00276. The number of imidazole rings is 1. The molecule has 0 bridgehead atoms. The van der Waals surface area contributed by atoms with Crippen LogP contribution in [0.1, 0.15) is 15.4 Å². The van der Waals surface area contributed by atoms with Gasteiger partial charge in [-0.25, -0.2) is 9.78 Å². The Bertz CT molecular complexity index is 1130. The molecule has 1 amide bonds. The van der Waals surface area contributed by atoms with Crippen molar-refractivity contribution in [3.05, 3.63) is 39.8 Å². The molecule has 4 heterocycles. The van der Waals surface area contributed by atoms with Crippen LogP contribution in [0.4, 0.5) is 0 Å². The Hall–Kier alpha value is -2.45. The molecule has 1 aliphatic heterocycles. The van der Waals surface area contributed by atoms with E-state index in [2.05, 4.69) is 4.98 Å². The largest absolute Gasteiger partial charge is 0.379 e. The van der Waals surface area contributed by atoms with Crippen LogP contribution < -0.4 is 5.69 Å². The predicted octanol–water partition coefficient (Wildman–Crippen LogP) is 1.84. The number of aromatic nitrogens is 3. The Labute approximate surface area is 158 Å². The number of carbonyl (C=O) groups is 1. The van der Waals surface area contributed by atoms with E-state index in [9.17, 15) is 9.59 Å². The van der Waals surface area contributed by atoms with Crippen molar-refractivity contribution in [1.82, 2.24) is 19.0 Å². The van der Waals surface area contributed by atoms with Crippen molar-refractivity contribution in [2.45, 2.75) is 19.6 Å². The molecule has 0 atom stereocenters. The highest BCUT2D eigenvalue weighted by Crippen LogP contribution is 2.29. The second-order valence-corrected chi connectivity index (χ2v) is 7.45. The van der Waals surface area contributed by atoms with Crippen LogP contribution in [0, 0.1) is 0 Å². The second-order valence-electron chi connectivity index (χ2n) is 6.28. The van der Waals surface area contributed by atoms with E-state index in [1.54, 1.807) is 24.2 Å². The highest BCUT2D eigenvalue weighted by Gasteiger charge is 2.23. The molecular formula is C18H20N4O3S. The maximum atomic E-state index is 12.6. The summed E-state index contributed by atoms with van der Waals surface area (Å²) in [4.78, 5) is 32.8. The molecule has 7 nitrogen and oxygen atoms in total. The van der Waals surface area contributed by atoms with E-state index in [0.717, 1.165) is 34.8 Å². The fraction of sp³-hybridized carbons (Fsp3) is 0.389. The molecule has 0 unspecified atom stereocenters. The first kappa shape index (κ1) is 13.7. The van der Waals surface area contributed by atoms with Crippen molar-refractivity contribution < 1.29 is 13.6 Å². The molecule has 1 fully saturated rings. The predicted molar refractivity (Wildman–Crippen MR) is 100 cm³/mol. The molecule has 0 N–H and O–H groups in total. The molecular weight excluding hydrogens is 352 g/mol. The lowest BCUT2D eigenvalue weighted by molar-refractivity contribution is -0.135. The minimum Gasteiger partial charge on any atom is -0.379 e. The van der Waals surface area contributed by atoms with Crippen LogP contribution >= 0.6 is 11.3 Å². The summed E-state index contributed by atoms with van der Waals surface area (Å²) in [5.41, 5.74) is 1.62. The van der Waals surface area contributed by atoms with E-state index in [4.69, 9.17) is 8.85 Å². The van der Waals surface area contributed by atoms with Gasteiger partial charge in [0.2, 0.25) is 5.91 Å². The number of rotatable bonds is 5. The summed E-state index contributed by atoms with van der Waals surface area (Å²) in [7, 11) is -0.801. The van der Waals surface area contributed by atoms with E-state index in [-0.39, 0.29) is 24.7 Å². The standard InChI is InChI=1S/C18H20N4O3S/c1-20-17-14(22(18(20)24)10-16(23)21-6-3-7-21)8-12(9-19-17)15-5-4-13(26-15)11-25-2/h4-5,8-9H,3,6-7,10-11H2,1-2H3/i2D3. The van der Waals surface area contributed by atoms with Crippen LogP contribution in [0.5, 0.6) is 0 Å². The van der Waals surface area contributed by atoms with Gasteiger partial charge in [0, 0.05) is 48.7 Å². The lowest BCUT2D eigenvalue weighted by Gasteiger charge is -2.30. The van der Waals surface area contributed by atoms with Crippen LogP contribution in [-0.4, -0.2) is 45.1 Å². The van der Waals surface area contributed by atoms with Crippen molar-refractivity contribution in [2.75, 3.05) is 20.1 Å². The normalized spacial score (nSPS) is 16.2. The fourth-order valence-corrected chi connectivity index (χ4v) is 3.95. The Morgan fingerprint density at radius 2 is 2.27 bits per heavy atom. The highest BCUT2D eigenvalue weighted by molar-refractivity contribution is 7.15. The maximum absolute atomic E-state index is 12.6. The zero-order chi connectivity index (χ0) is 20.8. The summed E-state index contributed by atoms with van der Waals surface area (Å²) in [6.45, 7) is 1.46. The van der Waals surface area contributed by atoms with E-state index < -0.39 is 7.04 Å². The number of amides is 1. The Morgan fingerprint density at radius 3 is 3.00 bits per heavy atom.